The second-order valence-electron chi connectivity index (χ2n) is 7.05. The number of alkyl halides is 3. The average molecular weight is 482 g/mol. The van der Waals surface area contributed by atoms with Crippen LogP contribution in [0.25, 0.3) is 17.1 Å². The van der Waals surface area contributed by atoms with Crippen LogP contribution in [-0.4, -0.2) is 32.6 Å². The number of halogens is 3. The van der Waals surface area contributed by atoms with Crippen molar-refractivity contribution in [1.29, 1.82) is 0 Å². The van der Waals surface area contributed by atoms with Gasteiger partial charge in [-0.3, -0.25) is 9.36 Å². The zero-order valence-corrected chi connectivity index (χ0v) is 18.4. The number of hydrogen-bond acceptors (Lipinski definition) is 5. The predicted octanol–water partition coefficient (Wildman–Crippen LogP) is 5.20. The van der Waals surface area contributed by atoms with Gasteiger partial charge in [0.25, 0.3) is 5.91 Å². The Morgan fingerprint density at radius 2 is 1.68 bits per heavy atom. The zero-order chi connectivity index (χ0) is 24.0. The first kappa shape index (κ1) is 23.2. The number of hydrogen-bond donors (Lipinski definition) is 1. The average Bonchev–Trinajstić information content (AvgIpc) is 3.27. The van der Waals surface area contributed by atoms with Crippen LogP contribution in [0.4, 0.5) is 13.2 Å². The standard InChI is InChI=1S/C24H18F3N5OS/c25-24(26,27)19-11-7-8-17(14-19)15-28-29-21(33)16-34-23-31-30-22(18-9-3-1-4-10-18)32(23)20-12-5-2-6-13-20/h1-15H,16H2,(H,29,33)/b28-15+. The van der Waals surface area contributed by atoms with Crippen LogP contribution in [0, 0.1) is 0 Å². The molecule has 6 nitrogen and oxygen atoms in total. The monoisotopic (exact) mass is 481 g/mol. The highest BCUT2D eigenvalue weighted by Crippen LogP contribution is 2.29. The van der Waals surface area contributed by atoms with E-state index in [-0.39, 0.29) is 11.3 Å². The number of para-hydroxylation sites is 1. The molecule has 34 heavy (non-hydrogen) atoms. The van der Waals surface area contributed by atoms with Crippen molar-refractivity contribution in [2.45, 2.75) is 11.3 Å². The number of aromatic nitrogens is 3. The van der Waals surface area contributed by atoms with E-state index in [2.05, 4.69) is 20.7 Å². The lowest BCUT2D eigenvalue weighted by molar-refractivity contribution is -0.137. The van der Waals surface area contributed by atoms with Gasteiger partial charge < -0.3 is 0 Å². The van der Waals surface area contributed by atoms with Crippen molar-refractivity contribution >= 4 is 23.9 Å². The lowest BCUT2D eigenvalue weighted by Gasteiger charge is -2.10. The van der Waals surface area contributed by atoms with Gasteiger partial charge in [-0.1, -0.05) is 72.4 Å². The van der Waals surface area contributed by atoms with Crippen LogP contribution < -0.4 is 5.43 Å². The van der Waals surface area contributed by atoms with Gasteiger partial charge in [0.2, 0.25) is 0 Å². The third-order valence-corrected chi connectivity index (χ3v) is 5.56. The largest absolute Gasteiger partial charge is 0.416 e. The summed E-state index contributed by atoms with van der Waals surface area (Å²) in [5.41, 5.74) is 3.49. The first-order valence-electron chi connectivity index (χ1n) is 10.1. The summed E-state index contributed by atoms with van der Waals surface area (Å²) < 4.78 is 40.3. The fourth-order valence-corrected chi connectivity index (χ4v) is 3.83. The number of amides is 1. The topological polar surface area (TPSA) is 72.2 Å². The second-order valence-corrected chi connectivity index (χ2v) is 7.99. The van der Waals surface area contributed by atoms with Crippen LogP contribution in [0.1, 0.15) is 11.1 Å². The van der Waals surface area contributed by atoms with E-state index in [1.807, 2.05) is 65.2 Å². The molecular formula is C24H18F3N5OS. The minimum absolute atomic E-state index is 0.0142. The van der Waals surface area contributed by atoms with Crippen molar-refractivity contribution in [3.05, 3.63) is 96.1 Å². The Morgan fingerprint density at radius 1 is 0.971 bits per heavy atom. The second kappa shape index (κ2) is 10.3. The van der Waals surface area contributed by atoms with E-state index in [9.17, 15) is 18.0 Å². The van der Waals surface area contributed by atoms with Crippen LogP contribution in [-0.2, 0) is 11.0 Å². The van der Waals surface area contributed by atoms with Gasteiger partial charge in [0.15, 0.2) is 11.0 Å². The summed E-state index contributed by atoms with van der Waals surface area (Å²) in [4.78, 5) is 12.3. The molecule has 1 aromatic heterocycles. The van der Waals surface area contributed by atoms with E-state index in [0.29, 0.717) is 11.0 Å². The first-order valence-corrected chi connectivity index (χ1v) is 11.1. The highest BCUT2D eigenvalue weighted by atomic mass is 32.2. The SMILES string of the molecule is O=C(CSc1nnc(-c2ccccc2)n1-c1ccccc1)N/N=C/c1cccc(C(F)(F)F)c1. The smallest absolute Gasteiger partial charge is 0.272 e. The quantitative estimate of drug-likeness (QED) is 0.224. The van der Waals surface area contributed by atoms with Crippen LogP contribution in [0.3, 0.4) is 0 Å². The number of thioether (sulfide) groups is 1. The molecule has 1 amide bonds. The number of nitrogens with one attached hydrogen (secondary N) is 1. The van der Waals surface area contributed by atoms with Crippen LogP contribution >= 0.6 is 11.8 Å². The summed E-state index contributed by atoms with van der Waals surface area (Å²) in [6.07, 6.45) is -3.28. The molecule has 0 aliphatic rings. The van der Waals surface area contributed by atoms with Gasteiger partial charge in [0.05, 0.1) is 17.5 Å². The summed E-state index contributed by atoms with van der Waals surface area (Å²) in [5, 5.41) is 12.8. The van der Waals surface area contributed by atoms with Crippen LogP contribution in [0.5, 0.6) is 0 Å². The highest BCUT2D eigenvalue weighted by Gasteiger charge is 2.30. The van der Waals surface area contributed by atoms with Crippen molar-refractivity contribution in [3.8, 4) is 17.1 Å². The lowest BCUT2D eigenvalue weighted by Crippen LogP contribution is -2.20. The van der Waals surface area contributed by atoms with Crippen molar-refractivity contribution in [2.24, 2.45) is 5.10 Å². The molecule has 0 bridgehead atoms. The molecule has 0 saturated heterocycles. The highest BCUT2D eigenvalue weighted by molar-refractivity contribution is 7.99. The van der Waals surface area contributed by atoms with E-state index in [1.54, 1.807) is 0 Å². The molecule has 172 valence electrons. The van der Waals surface area contributed by atoms with Crippen molar-refractivity contribution in [1.82, 2.24) is 20.2 Å². The van der Waals surface area contributed by atoms with E-state index in [4.69, 9.17) is 0 Å². The van der Waals surface area contributed by atoms with Crippen LogP contribution in [0.15, 0.2) is 95.2 Å². The van der Waals surface area contributed by atoms with Gasteiger partial charge in [-0.25, -0.2) is 5.43 Å². The van der Waals surface area contributed by atoms with Crippen molar-refractivity contribution < 1.29 is 18.0 Å². The molecule has 0 radical (unpaired) electrons. The minimum Gasteiger partial charge on any atom is -0.272 e. The Balaban J connectivity index is 1.45. The summed E-state index contributed by atoms with van der Waals surface area (Å²) >= 11 is 1.17. The molecule has 1 heterocycles. The molecule has 0 saturated carbocycles. The van der Waals surface area contributed by atoms with Gasteiger partial charge >= 0.3 is 6.18 Å². The number of rotatable bonds is 7. The molecule has 3 aromatic carbocycles. The molecule has 0 aliphatic carbocycles. The van der Waals surface area contributed by atoms with Gasteiger partial charge in [0.1, 0.15) is 0 Å². The Morgan fingerprint density at radius 3 is 2.38 bits per heavy atom. The van der Waals surface area contributed by atoms with E-state index in [1.165, 1.54) is 23.9 Å². The Labute approximate surface area is 197 Å². The molecule has 0 unspecified atom stereocenters. The lowest BCUT2D eigenvalue weighted by atomic mass is 10.1. The molecule has 10 heteroatoms. The van der Waals surface area contributed by atoms with E-state index >= 15 is 0 Å². The first-order chi connectivity index (χ1) is 16.4. The third-order valence-electron chi connectivity index (χ3n) is 4.63. The molecule has 1 N–H and O–H groups in total. The summed E-state index contributed by atoms with van der Waals surface area (Å²) in [5.74, 6) is 0.189. The Kier molecular flexibility index (Phi) is 7.07. The summed E-state index contributed by atoms with van der Waals surface area (Å²) in [7, 11) is 0. The van der Waals surface area contributed by atoms with E-state index in [0.717, 1.165) is 29.6 Å². The molecule has 4 aromatic rings. The van der Waals surface area contributed by atoms with Gasteiger partial charge in [-0.05, 0) is 29.8 Å². The number of carbonyl (C=O) groups excluding carboxylic acids is 1. The Bertz CT molecular complexity index is 1290. The molecule has 4 rings (SSSR count). The molecular weight excluding hydrogens is 463 g/mol. The molecule has 0 atom stereocenters. The number of nitrogens with zero attached hydrogens (tertiary/aromatic N) is 4. The maximum Gasteiger partial charge on any atom is 0.416 e. The third kappa shape index (κ3) is 5.70. The number of benzene rings is 3. The Hall–Kier alpha value is -3.92. The van der Waals surface area contributed by atoms with Crippen molar-refractivity contribution in [2.75, 3.05) is 5.75 Å². The maximum atomic E-state index is 12.8. The van der Waals surface area contributed by atoms with Gasteiger partial charge in [-0.2, -0.15) is 18.3 Å². The number of carbonyl (C=O) groups is 1. The minimum atomic E-state index is -4.45. The molecule has 0 aliphatic heterocycles. The zero-order valence-electron chi connectivity index (χ0n) is 17.6. The van der Waals surface area contributed by atoms with Crippen LogP contribution in [0.2, 0.25) is 0 Å². The maximum absolute atomic E-state index is 12.8. The fraction of sp³-hybridized carbons (Fsp3) is 0.0833. The van der Waals surface area contributed by atoms with Gasteiger partial charge in [-0.15, -0.1) is 10.2 Å². The fourth-order valence-electron chi connectivity index (χ4n) is 3.08. The van der Waals surface area contributed by atoms with E-state index < -0.39 is 17.6 Å². The van der Waals surface area contributed by atoms with Crippen molar-refractivity contribution in [3.63, 3.8) is 0 Å². The molecule has 0 fully saturated rings. The normalized spacial score (nSPS) is 11.6. The molecule has 0 spiro atoms. The predicted molar refractivity (Wildman–Crippen MR) is 125 cm³/mol. The summed E-state index contributed by atoms with van der Waals surface area (Å²) in [6, 6.07) is 23.8. The summed E-state index contributed by atoms with van der Waals surface area (Å²) in [6.45, 7) is 0. The van der Waals surface area contributed by atoms with Gasteiger partial charge in [0, 0.05) is 11.3 Å². The number of hydrazone groups is 1.